The molecule has 0 amide bonds. The van der Waals surface area contributed by atoms with Crippen molar-refractivity contribution in [1.29, 1.82) is 0 Å². The molecular formula is C22H12Cl4O3. The normalized spacial score (nSPS) is 17.2. The van der Waals surface area contributed by atoms with Crippen LogP contribution in [-0.4, -0.2) is 10.9 Å². The highest BCUT2D eigenvalue weighted by atomic mass is 35.5. The number of aromatic hydroxyl groups is 1. The smallest absolute Gasteiger partial charge is 0.196 e. The number of Topliss-reactive ketones (excluding diaryl/α,β-unsaturated/α-hetero) is 1. The molecule has 3 aromatic rings. The van der Waals surface area contributed by atoms with Crippen LogP contribution in [0.5, 0.6) is 11.5 Å². The van der Waals surface area contributed by atoms with Crippen molar-refractivity contribution in [2.45, 2.75) is 6.10 Å². The number of benzene rings is 3. The summed E-state index contributed by atoms with van der Waals surface area (Å²) in [4.78, 5) is 13.3. The summed E-state index contributed by atoms with van der Waals surface area (Å²) >= 11 is 24.3. The Kier molecular flexibility index (Phi) is 5.50. The first-order valence-corrected chi connectivity index (χ1v) is 10.0. The largest absolute Gasteiger partial charge is 0.508 e. The first-order chi connectivity index (χ1) is 13.8. The Morgan fingerprint density at radius 3 is 2.21 bits per heavy atom. The predicted octanol–water partition coefficient (Wildman–Crippen LogP) is 7.41. The number of phenols is 1. The SMILES string of the molecule is O=C1C(=Cc2ccc(Cl)c(Cl)c2)C(c2ccc(Cl)c(Cl)c2)Oc2ccc(O)cc21. The van der Waals surface area contributed by atoms with Crippen molar-refractivity contribution >= 4 is 58.3 Å². The Labute approximate surface area is 187 Å². The molecule has 3 aromatic carbocycles. The van der Waals surface area contributed by atoms with Gasteiger partial charge in [-0.3, -0.25) is 4.79 Å². The fourth-order valence-corrected chi connectivity index (χ4v) is 3.72. The molecular weight excluding hydrogens is 454 g/mol. The number of rotatable bonds is 2. The molecule has 0 bridgehead atoms. The molecule has 1 unspecified atom stereocenters. The lowest BCUT2D eigenvalue weighted by molar-refractivity contribution is 0.0963. The van der Waals surface area contributed by atoms with E-state index in [0.717, 1.165) is 0 Å². The number of ketones is 1. The van der Waals surface area contributed by atoms with E-state index in [2.05, 4.69) is 0 Å². The predicted molar refractivity (Wildman–Crippen MR) is 117 cm³/mol. The van der Waals surface area contributed by atoms with E-state index in [1.807, 2.05) is 0 Å². The van der Waals surface area contributed by atoms with Crippen LogP contribution < -0.4 is 4.74 Å². The first kappa shape index (κ1) is 20.1. The Balaban J connectivity index is 1.89. The van der Waals surface area contributed by atoms with Crippen molar-refractivity contribution in [2.24, 2.45) is 0 Å². The van der Waals surface area contributed by atoms with Crippen molar-refractivity contribution in [1.82, 2.24) is 0 Å². The summed E-state index contributed by atoms with van der Waals surface area (Å²) in [5, 5.41) is 11.3. The van der Waals surface area contributed by atoms with E-state index >= 15 is 0 Å². The van der Waals surface area contributed by atoms with Crippen LogP contribution in [0.15, 0.2) is 60.2 Å². The zero-order valence-corrected chi connectivity index (χ0v) is 17.7. The third-order valence-electron chi connectivity index (χ3n) is 4.51. The minimum absolute atomic E-state index is 0.0254. The van der Waals surface area contributed by atoms with Gasteiger partial charge in [0.25, 0.3) is 0 Å². The van der Waals surface area contributed by atoms with Gasteiger partial charge in [0.2, 0.25) is 0 Å². The second-order valence-electron chi connectivity index (χ2n) is 6.45. The summed E-state index contributed by atoms with van der Waals surface area (Å²) in [5.41, 5.74) is 1.98. The molecule has 1 heterocycles. The van der Waals surface area contributed by atoms with Crippen molar-refractivity contribution in [3.8, 4) is 11.5 Å². The summed E-state index contributed by atoms with van der Waals surface area (Å²) in [6.45, 7) is 0. The highest BCUT2D eigenvalue weighted by Crippen LogP contribution is 2.41. The third kappa shape index (κ3) is 3.96. The molecule has 0 spiro atoms. The lowest BCUT2D eigenvalue weighted by Crippen LogP contribution is -2.23. The van der Waals surface area contributed by atoms with Crippen molar-refractivity contribution < 1.29 is 14.6 Å². The van der Waals surface area contributed by atoms with Crippen LogP contribution >= 0.6 is 46.4 Å². The van der Waals surface area contributed by atoms with Gasteiger partial charge in [-0.1, -0.05) is 58.5 Å². The molecule has 1 aliphatic heterocycles. The van der Waals surface area contributed by atoms with E-state index in [9.17, 15) is 9.90 Å². The second kappa shape index (κ2) is 7.92. The Morgan fingerprint density at radius 2 is 1.52 bits per heavy atom. The van der Waals surface area contributed by atoms with Crippen LogP contribution in [0.4, 0.5) is 0 Å². The van der Waals surface area contributed by atoms with Crippen LogP contribution in [0.3, 0.4) is 0 Å². The van der Waals surface area contributed by atoms with Gasteiger partial charge in [0, 0.05) is 5.57 Å². The van der Waals surface area contributed by atoms with Crippen LogP contribution in [0.2, 0.25) is 20.1 Å². The van der Waals surface area contributed by atoms with Crippen LogP contribution in [0, 0.1) is 0 Å². The number of carbonyl (C=O) groups excluding carboxylic acids is 1. The van der Waals surface area contributed by atoms with Gasteiger partial charge in [-0.25, -0.2) is 0 Å². The number of carbonyl (C=O) groups is 1. The third-order valence-corrected chi connectivity index (χ3v) is 5.99. The Hall–Kier alpha value is -2.17. The molecule has 7 heteroatoms. The number of ether oxygens (including phenoxy) is 1. The highest BCUT2D eigenvalue weighted by Gasteiger charge is 2.33. The summed E-state index contributed by atoms with van der Waals surface area (Å²) in [5.74, 6) is 0.0713. The van der Waals surface area contributed by atoms with E-state index in [0.29, 0.717) is 42.5 Å². The second-order valence-corrected chi connectivity index (χ2v) is 8.08. The molecule has 146 valence electrons. The average molecular weight is 466 g/mol. The van der Waals surface area contributed by atoms with E-state index in [1.54, 1.807) is 48.5 Å². The number of hydrogen-bond donors (Lipinski definition) is 1. The lowest BCUT2D eigenvalue weighted by atomic mass is 9.89. The van der Waals surface area contributed by atoms with E-state index < -0.39 is 6.10 Å². The van der Waals surface area contributed by atoms with Crippen molar-refractivity contribution in [3.05, 3.63) is 97.0 Å². The summed E-state index contributed by atoms with van der Waals surface area (Å²) < 4.78 is 6.12. The average Bonchev–Trinajstić information content (AvgIpc) is 2.69. The van der Waals surface area contributed by atoms with Gasteiger partial charge in [0.05, 0.1) is 25.7 Å². The molecule has 0 saturated heterocycles. The Morgan fingerprint density at radius 1 is 0.828 bits per heavy atom. The van der Waals surface area contributed by atoms with Crippen LogP contribution in [0.1, 0.15) is 27.6 Å². The minimum atomic E-state index is -0.719. The van der Waals surface area contributed by atoms with Crippen molar-refractivity contribution in [3.63, 3.8) is 0 Å². The van der Waals surface area contributed by atoms with Gasteiger partial charge >= 0.3 is 0 Å². The molecule has 1 aliphatic rings. The van der Waals surface area contributed by atoms with Gasteiger partial charge in [-0.05, 0) is 59.7 Å². The molecule has 0 saturated carbocycles. The van der Waals surface area contributed by atoms with Crippen molar-refractivity contribution in [2.75, 3.05) is 0 Å². The quantitative estimate of drug-likeness (QED) is 0.401. The molecule has 0 aromatic heterocycles. The lowest BCUT2D eigenvalue weighted by Gasteiger charge is -2.28. The minimum Gasteiger partial charge on any atom is -0.508 e. The summed E-state index contributed by atoms with van der Waals surface area (Å²) in [6.07, 6.45) is 0.966. The maximum absolute atomic E-state index is 13.3. The topological polar surface area (TPSA) is 46.5 Å². The number of halogens is 4. The standard InChI is InChI=1S/C22H12Cl4O3/c23-16-4-1-11(8-18(16)25)7-15-21(28)14-10-13(27)3-6-20(14)29-22(15)12-2-5-17(24)19(26)9-12/h1-10,22,27H. The van der Waals surface area contributed by atoms with Gasteiger partial charge in [-0.2, -0.15) is 0 Å². The van der Waals surface area contributed by atoms with Crippen LogP contribution in [0.25, 0.3) is 6.08 Å². The van der Waals surface area contributed by atoms with Crippen LogP contribution in [-0.2, 0) is 0 Å². The summed E-state index contributed by atoms with van der Waals surface area (Å²) in [7, 11) is 0. The molecule has 4 rings (SSSR count). The summed E-state index contributed by atoms with van der Waals surface area (Å²) in [6, 6.07) is 14.5. The zero-order valence-electron chi connectivity index (χ0n) is 14.6. The number of phenolic OH excluding ortho intramolecular Hbond substituents is 1. The maximum Gasteiger partial charge on any atom is 0.196 e. The van der Waals surface area contributed by atoms with E-state index in [4.69, 9.17) is 51.1 Å². The monoisotopic (exact) mass is 464 g/mol. The number of hydrogen-bond acceptors (Lipinski definition) is 3. The molecule has 0 radical (unpaired) electrons. The fraction of sp³-hybridized carbons (Fsp3) is 0.0455. The highest BCUT2D eigenvalue weighted by molar-refractivity contribution is 6.42. The molecule has 1 N–H and O–H groups in total. The van der Waals surface area contributed by atoms with E-state index in [-0.39, 0.29) is 17.1 Å². The molecule has 0 fully saturated rings. The first-order valence-electron chi connectivity index (χ1n) is 8.49. The van der Waals surface area contributed by atoms with Gasteiger partial charge in [-0.15, -0.1) is 0 Å². The number of fused-ring (bicyclic) bond motifs is 1. The van der Waals surface area contributed by atoms with Gasteiger partial charge in [0.1, 0.15) is 11.5 Å². The maximum atomic E-state index is 13.3. The van der Waals surface area contributed by atoms with E-state index in [1.165, 1.54) is 12.1 Å². The van der Waals surface area contributed by atoms with Gasteiger partial charge in [0.15, 0.2) is 11.9 Å². The molecule has 1 atom stereocenters. The molecule has 0 aliphatic carbocycles. The van der Waals surface area contributed by atoms with Gasteiger partial charge < -0.3 is 9.84 Å². The zero-order chi connectivity index (χ0) is 20.7. The molecule has 29 heavy (non-hydrogen) atoms. The Bertz CT molecular complexity index is 1170. The molecule has 3 nitrogen and oxygen atoms in total. The fourth-order valence-electron chi connectivity index (χ4n) is 3.11.